The van der Waals surface area contributed by atoms with E-state index in [0.717, 1.165) is 11.1 Å². The summed E-state index contributed by atoms with van der Waals surface area (Å²) in [5, 5.41) is 25.5. The van der Waals surface area contributed by atoms with Gasteiger partial charge in [-0.3, -0.25) is 28.8 Å². The Morgan fingerprint density at radius 2 is 1.53 bits per heavy atom. The standard InChI is InChI=1S/C48H56N4O8/c1-28(30(3)53)20-43(56)40-23-31-13-18-41(54)38(22-31)39-25-36(24-37(27-50)46(39)58)45(44(57)21-29(2)47(59)51-40)52(4)48(60)35(12-8-9-19-49)26-42(55)34-16-14-33(15-17-34)32-10-6-5-7-11-32/h5-7,10-11,13-18,22,24-25,28-29,35,40,45,54,58H,8-9,12,19-21,23,26-27,49-50H2,1-4H3,(H,51,59)/t28-,29-,35-,40+,45+/m1/s1. The van der Waals surface area contributed by atoms with E-state index in [2.05, 4.69) is 5.32 Å². The molecule has 0 aromatic heterocycles. The number of carbonyl (C=O) groups is 6. The number of aromatic hydroxyl groups is 2. The Morgan fingerprint density at radius 1 is 0.850 bits per heavy atom. The Labute approximate surface area is 351 Å². The van der Waals surface area contributed by atoms with Gasteiger partial charge in [0.2, 0.25) is 11.8 Å². The summed E-state index contributed by atoms with van der Waals surface area (Å²) in [7, 11) is 1.48. The van der Waals surface area contributed by atoms with Crippen molar-refractivity contribution in [3.05, 3.63) is 107 Å². The lowest BCUT2D eigenvalue weighted by atomic mass is 9.86. The Balaban J connectivity index is 1.56. The summed E-state index contributed by atoms with van der Waals surface area (Å²) in [6, 6.07) is 22.2. The van der Waals surface area contributed by atoms with Gasteiger partial charge < -0.3 is 31.9 Å². The second-order valence-electron chi connectivity index (χ2n) is 16.1. The first-order valence-electron chi connectivity index (χ1n) is 20.5. The number of benzene rings is 4. The number of likely N-dealkylation sites (N-methyl/N-ethyl adjacent to an activating group) is 1. The van der Waals surface area contributed by atoms with E-state index in [1.54, 1.807) is 38.1 Å². The molecule has 0 fully saturated rings. The van der Waals surface area contributed by atoms with E-state index < -0.39 is 47.4 Å². The highest BCUT2D eigenvalue weighted by molar-refractivity contribution is 6.00. The highest BCUT2D eigenvalue weighted by Crippen LogP contribution is 2.42. The first kappa shape index (κ1) is 45.1. The summed E-state index contributed by atoms with van der Waals surface area (Å²) in [4.78, 5) is 83.9. The van der Waals surface area contributed by atoms with Gasteiger partial charge >= 0.3 is 0 Å². The van der Waals surface area contributed by atoms with Crippen LogP contribution in [0.25, 0.3) is 22.3 Å². The minimum atomic E-state index is -1.31. The van der Waals surface area contributed by atoms with Crippen molar-refractivity contribution in [2.24, 2.45) is 29.2 Å². The lowest BCUT2D eigenvalue weighted by molar-refractivity contribution is -0.142. The first-order chi connectivity index (χ1) is 28.6. The van der Waals surface area contributed by atoms with Crippen LogP contribution in [-0.2, 0) is 36.9 Å². The predicted molar refractivity (Wildman–Crippen MR) is 230 cm³/mol. The molecule has 0 unspecified atom stereocenters. The molecule has 0 radical (unpaired) electrons. The second kappa shape index (κ2) is 20.3. The Kier molecular flexibility index (Phi) is 15.3. The fourth-order valence-corrected chi connectivity index (χ4v) is 7.76. The molecule has 1 heterocycles. The van der Waals surface area contributed by atoms with E-state index >= 15 is 0 Å². The summed E-state index contributed by atoms with van der Waals surface area (Å²) in [6.45, 7) is 4.82. The maximum absolute atomic E-state index is 14.7. The monoisotopic (exact) mass is 816 g/mol. The fourth-order valence-electron chi connectivity index (χ4n) is 7.76. The lowest BCUT2D eigenvalue weighted by Gasteiger charge is -2.32. The third kappa shape index (κ3) is 10.8. The van der Waals surface area contributed by atoms with Crippen LogP contribution in [0.3, 0.4) is 0 Å². The number of fused-ring (bicyclic) bond motifs is 5. The topological polar surface area (TPSA) is 210 Å². The number of nitrogens with two attached hydrogens (primary N) is 2. The van der Waals surface area contributed by atoms with E-state index in [0.29, 0.717) is 36.9 Å². The third-order valence-electron chi connectivity index (χ3n) is 11.5. The number of nitrogens with zero attached hydrogens (tertiary/aromatic N) is 1. The van der Waals surface area contributed by atoms with Gasteiger partial charge in [-0.2, -0.15) is 0 Å². The minimum Gasteiger partial charge on any atom is -0.507 e. The summed E-state index contributed by atoms with van der Waals surface area (Å²) in [5.41, 5.74) is 15.7. The highest BCUT2D eigenvalue weighted by atomic mass is 16.3. The van der Waals surface area contributed by atoms with E-state index in [1.807, 2.05) is 42.5 Å². The zero-order valence-corrected chi connectivity index (χ0v) is 34.8. The van der Waals surface area contributed by atoms with Crippen molar-refractivity contribution < 1.29 is 39.0 Å². The van der Waals surface area contributed by atoms with Crippen LogP contribution >= 0.6 is 0 Å². The maximum atomic E-state index is 14.7. The van der Waals surface area contributed by atoms with Gasteiger partial charge in [-0.25, -0.2) is 0 Å². The number of unbranched alkanes of at least 4 members (excludes halogenated alkanes) is 1. The van der Waals surface area contributed by atoms with Crippen LogP contribution in [0.2, 0.25) is 0 Å². The predicted octanol–water partition coefficient (Wildman–Crippen LogP) is 6.23. The molecule has 1 aliphatic rings. The molecule has 4 aromatic carbocycles. The molecule has 5 atom stereocenters. The van der Waals surface area contributed by atoms with Crippen molar-refractivity contribution in [3.8, 4) is 33.8 Å². The molecule has 0 saturated carbocycles. The normalized spacial score (nSPS) is 17.8. The van der Waals surface area contributed by atoms with E-state index in [4.69, 9.17) is 11.5 Å². The van der Waals surface area contributed by atoms with Gasteiger partial charge in [0.25, 0.3) is 0 Å². The van der Waals surface area contributed by atoms with Crippen LogP contribution in [0.1, 0.15) is 92.4 Å². The van der Waals surface area contributed by atoms with Crippen molar-refractivity contribution in [2.45, 2.75) is 84.3 Å². The summed E-state index contributed by atoms with van der Waals surface area (Å²) >= 11 is 0. The van der Waals surface area contributed by atoms with Crippen LogP contribution in [0.4, 0.5) is 0 Å². The Hall–Kier alpha value is -5.98. The largest absolute Gasteiger partial charge is 0.507 e. The molecule has 5 rings (SSSR count). The molecule has 0 spiro atoms. The molecule has 0 saturated heterocycles. The number of nitrogens with one attached hydrogen (secondary N) is 1. The Morgan fingerprint density at radius 3 is 2.18 bits per heavy atom. The number of carbonyl (C=O) groups excluding carboxylic acids is 6. The van der Waals surface area contributed by atoms with Crippen molar-refractivity contribution in [3.63, 3.8) is 0 Å². The first-order valence-corrected chi connectivity index (χ1v) is 20.5. The average Bonchev–Trinajstić information content (AvgIpc) is 3.23. The molecule has 2 amide bonds. The molecular weight excluding hydrogens is 761 g/mol. The van der Waals surface area contributed by atoms with Crippen molar-refractivity contribution >= 4 is 34.9 Å². The zero-order chi connectivity index (χ0) is 43.7. The van der Waals surface area contributed by atoms with Crippen molar-refractivity contribution in [1.82, 2.24) is 10.2 Å². The SMILES string of the molecule is CC(=O)[C@H](C)CC(=O)[C@@H]1Cc2ccc(O)c(c2)-c2cc(cc(CN)c2O)[C@H](N(C)C(=O)[C@H](CCCCN)CC(=O)c2ccc(-c3ccccc3)cc2)C(=O)C[C@@H](C)C(=O)N1. The van der Waals surface area contributed by atoms with Crippen molar-refractivity contribution in [2.75, 3.05) is 13.6 Å². The number of Topliss-reactive ketones (excluding diaryl/α,β-unsaturated/α-hetero) is 4. The smallest absolute Gasteiger partial charge is 0.226 e. The van der Waals surface area contributed by atoms with Gasteiger partial charge in [0, 0.05) is 72.9 Å². The quantitative estimate of drug-likeness (QED) is 0.0675. The molecule has 316 valence electrons. The molecule has 12 heteroatoms. The summed E-state index contributed by atoms with van der Waals surface area (Å²) in [6.07, 6.45) is 0.904. The number of rotatable bonds is 15. The number of phenolic OH excluding ortho intramolecular Hbond substituents is 2. The zero-order valence-electron chi connectivity index (χ0n) is 34.8. The van der Waals surface area contributed by atoms with Crippen LogP contribution in [-0.4, -0.2) is 69.7 Å². The summed E-state index contributed by atoms with van der Waals surface area (Å²) in [5.74, 6) is -5.19. The minimum absolute atomic E-state index is 0.00857. The molecule has 4 aromatic rings. The van der Waals surface area contributed by atoms with Crippen LogP contribution < -0.4 is 16.8 Å². The van der Waals surface area contributed by atoms with E-state index in [9.17, 15) is 39.0 Å². The maximum Gasteiger partial charge on any atom is 0.226 e. The van der Waals surface area contributed by atoms with Crippen LogP contribution in [0.15, 0.2) is 84.9 Å². The molecule has 4 bridgehead atoms. The molecule has 12 nitrogen and oxygen atoms in total. The number of hydrogen-bond donors (Lipinski definition) is 5. The second-order valence-corrected chi connectivity index (χ2v) is 16.1. The summed E-state index contributed by atoms with van der Waals surface area (Å²) < 4.78 is 0. The van der Waals surface area contributed by atoms with E-state index in [-0.39, 0.29) is 83.3 Å². The van der Waals surface area contributed by atoms with Gasteiger partial charge in [-0.1, -0.05) is 80.9 Å². The van der Waals surface area contributed by atoms with Gasteiger partial charge in [0.15, 0.2) is 17.3 Å². The van der Waals surface area contributed by atoms with E-state index in [1.165, 1.54) is 37.1 Å². The van der Waals surface area contributed by atoms with Gasteiger partial charge in [0.1, 0.15) is 23.3 Å². The fraction of sp³-hybridized carbons (Fsp3) is 0.375. The number of hydrogen-bond acceptors (Lipinski definition) is 10. The average molecular weight is 817 g/mol. The molecule has 0 aliphatic carbocycles. The van der Waals surface area contributed by atoms with Gasteiger partial charge in [0.05, 0.1) is 6.04 Å². The molecular formula is C48H56N4O8. The van der Waals surface area contributed by atoms with Gasteiger partial charge in [-0.15, -0.1) is 0 Å². The Bertz CT molecular complexity index is 2220. The molecule has 60 heavy (non-hydrogen) atoms. The molecule has 1 aliphatic heterocycles. The highest BCUT2D eigenvalue weighted by Gasteiger charge is 2.36. The number of ketones is 4. The number of amides is 2. The van der Waals surface area contributed by atoms with Crippen LogP contribution in [0, 0.1) is 17.8 Å². The lowest BCUT2D eigenvalue weighted by Crippen LogP contribution is -2.46. The van der Waals surface area contributed by atoms with Crippen LogP contribution in [0.5, 0.6) is 11.5 Å². The van der Waals surface area contributed by atoms with Gasteiger partial charge in [-0.05, 0) is 79.3 Å². The number of phenols is 2. The molecule has 7 N–H and O–H groups in total. The van der Waals surface area contributed by atoms with Crippen molar-refractivity contribution in [1.29, 1.82) is 0 Å². The third-order valence-corrected chi connectivity index (χ3v) is 11.5.